The van der Waals surface area contributed by atoms with Crippen LogP contribution in [0.5, 0.6) is 0 Å². The second kappa shape index (κ2) is 4.91. The van der Waals surface area contributed by atoms with Crippen LogP contribution < -0.4 is 5.32 Å². The quantitative estimate of drug-likeness (QED) is 0.829. The smallest absolute Gasteiger partial charge is 0.0512 e. The van der Waals surface area contributed by atoms with E-state index in [4.69, 9.17) is 4.74 Å². The number of rotatable bonds is 3. The lowest BCUT2D eigenvalue weighted by molar-refractivity contribution is 0.0402. The molecule has 78 valence electrons. The van der Waals surface area contributed by atoms with Gasteiger partial charge in [0.15, 0.2) is 0 Å². The van der Waals surface area contributed by atoms with Crippen LogP contribution in [0.2, 0.25) is 0 Å². The van der Waals surface area contributed by atoms with Crippen LogP contribution >= 0.6 is 11.3 Å². The van der Waals surface area contributed by atoms with Gasteiger partial charge in [0.25, 0.3) is 0 Å². The molecule has 2 nitrogen and oxygen atoms in total. The zero-order valence-electron chi connectivity index (χ0n) is 8.53. The molecule has 1 fully saturated rings. The van der Waals surface area contributed by atoms with Crippen molar-refractivity contribution < 1.29 is 4.74 Å². The van der Waals surface area contributed by atoms with Gasteiger partial charge in [0.1, 0.15) is 0 Å². The van der Waals surface area contributed by atoms with E-state index in [2.05, 4.69) is 22.1 Å². The lowest BCUT2D eigenvalue weighted by Crippen LogP contribution is -2.31. The molecule has 2 heterocycles. The van der Waals surface area contributed by atoms with Gasteiger partial charge in [0.05, 0.1) is 6.61 Å². The monoisotopic (exact) mass is 211 g/mol. The minimum atomic E-state index is 0.474. The molecule has 0 spiro atoms. The van der Waals surface area contributed by atoms with E-state index in [1.807, 2.05) is 7.05 Å². The van der Waals surface area contributed by atoms with Crippen LogP contribution in [0, 0.1) is 5.92 Å². The third-order valence-electron chi connectivity index (χ3n) is 2.88. The van der Waals surface area contributed by atoms with E-state index in [1.54, 1.807) is 11.3 Å². The van der Waals surface area contributed by atoms with Crippen LogP contribution in [0.4, 0.5) is 0 Å². The molecule has 1 aliphatic heterocycles. The van der Waals surface area contributed by atoms with Crippen molar-refractivity contribution in [3.05, 3.63) is 22.4 Å². The average molecular weight is 211 g/mol. The van der Waals surface area contributed by atoms with Gasteiger partial charge in [0, 0.05) is 18.6 Å². The summed E-state index contributed by atoms with van der Waals surface area (Å²) in [5.74, 6) is 0.642. The molecule has 14 heavy (non-hydrogen) atoms. The second-order valence-electron chi connectivity index (χ2n) is 3.80. The van der Waals surface area contributed by atoms with Gasteiger partial charge in [0.2, 0.25) is 0 Å². The molecule has 3 heteroatoms. The lowest BCUT2D eigenvalue weighted by Gasteiger charge is -2.29. The van der Waals surface area contributed by atoms with Crippen LogP contribution in [-0.2, 0) is 4.74 Å². The number of hydrogen-bond donors (Lipinski definition) is 1. The summed E-state index contributed by atoms with van der Waals surface area (Å²) < 4.78 is 5.53. The van der Waals surface area contributed by atoms with Gasteiger partial charge >= 0.3 is 0 Å². The van der Waals surface area contributed by atoms with Crippen molar-refractivity contribution in [3.8, 4) is 0 Å². The van der Waals surface area contributed by atoms with Gasteiger partial charge in [-0.2, -0.15) is 11.3 Å². The molecule has 0 aromatic carbocycles. The maximum atomic E-state index is 5.53. The Labute approximate surface area is 89.3 Å². The average Bonchev–Trinajstić information content (AvgIpc) is 2.74. The molecule has 1 N–H and O–H groups in total. The molecule has 2 unspecified atom stereocenters. The first-order chi connectivity index (χ1) is 6.92. The molecule has 1 aliphatic rings. The summed E-state index contributed by atoms with van der Waals surface area (Å²) >= 11 is 1.77. The fourth-order valence-electron chi connectivity index (χ4n) is 2.16. The van der Waals surface area contributed by atoms with Crippen LogP contribution in [0.25, 0.3) is 0 Å². The Hall–Kier alpha value is -0.380. The van der Waals surface area contributed by atoms with Gasteiger partial charge in [-0.1, -0.05) is 0 Å². The molecule has 0 bridgehead atoms. The molecule has 1 aromatic heterocycles. The zero-order valence-corrected chi connectivity index (χ0v) is 9.35. The van der Waals surface area contributed by atoms with E-state index in [1.165, 1.54) is 18.4 Å². The highest BCUT2D eigenvalue weighted by Crippen LogP contribution is 2.29. The van der Waals surface area contributed by atoms with Crippen molar-refractivity contribution in [1.82, 2.24) is 5.32 Å². The third-order valence-corrected chi connectivity index (χ3v) is 3.58. The first-order valence-electron chi connectivity index (χ1n) is 5.19. The number of hydrogen-bond acceptors (Lipinski definition) is 3. The maximum absolute atomic E-state index is 5.53. The molecule has 0 aliphatic carbocycles. The van der Waals surface area contributed by atoms with Crippen LogP contribution in [0.3, 0.4) is 0 Å². The Morgan fingerprint density at radius 2 is 2.57 bits per heavy atom. The first kappa shape index (κ1) is 10.1. The van der Waals surface area contributed by atoms with Crippen molar-refractivity contribution >= 4 is 11.3 Å². The normalized spacial score (nSPS) is 24.8. The van der Waals surface area contributed by atoms with Gasteiger partial charge in [-0.05, 0) is 42.3 Å². The Morgan fingerprint density at radius 3 is 3.14 bits per heavy atom. The van der Waals surface area contributed by atoms with Crippen molar-refractivity contribution in [3.63, 3.8) is 0 Å². The largest absolute Gasteiger partial charge is 0.381 e. The fourth-order valence-corrected chi connectivity index (χ4v) is 2.85. The summed E-state index contributed by atoms with van der Waals surface area (Å²) in [5.41, 5.74) is 1.41. The number of thiophene rings is 1. The topological polar surface area (TPSA) is 21.3 Å². The van der Waals surface area contributed by atoms with Crippen LogP contribution in [-0.4, -0.2) is 20.3 Å². The standard InChI is InChI=1S/C11H17NOS/c1-12-11(10-4-6-14-8-10)9-3-2-5-13-7-9/h4,6,8-9,11-12H,2-3,5,7H2,1H3. The summed E-state index contributed by atoms with van der Waals surface area (Å²) in [6, 6.07) is 2.68. The summed E-state index contributed by atoms with van der Waals surface area (Å²) in [4.78, 5) is 0. The molecular weight excluding hydrogens is 194 g/mol. The molecule has 0 saturated carbocycles. The van der Waals surface area contributed by atoms with E-state index >= 15 is 0 Å². The SMILES string of the molecule is CNC(c1ccsc1)C1CCCOC1. The minimum absolute atomic E-state index is 0.474. The van der Waals surface area contributed by atoms with Crippen molar-refractivity contribution in [1.29, 1.82) is 0 Å². The Balaban J connectivity index is 2.04. The van der Waals surface area contributed by atoms with Crippen LogP contribution in [0.15, 0.2) is 16.8 Å². The van der Waals surface area contributed by atoms with E-state index < -0.39 is 0 Å². The molecular formula is C11H17NOS. The predicted octanol–water partition coefficient (Wildman–Crippen LogP) is 2.44. The predicted molar refractivity (Wildman–Crippen MR) is 59.7 cm³/mol. The van der Waals surface area contributed by atoms with Gasteiger partial charge in [-0.15, -0.1) is 0 Å². The number of nitrogens with one attached hydrogen (secondary N) is 1. The van der Waals surface area contributed by atoms with E-state index in [9.17, 15) is 0 Å². The zero-order chi connectivity index (χ0) is 9.80. The van der Waals surface area contributed by atoms with Gasteiger partial charge < -0.3 is 10.1 Å². The van der Waals surface area contributed by atoms with Crippen LogP contribution in [0.1, 0.15) is 24.4 Å². The van der Waals surface area contributed by atoms with Crippen molar-refractivity contribution in [2.75, 3.05) is 20.3 Å². The summed E-state index contributed by atoms with van der Waals surface area (Å²) in [5, 5.41) is 7.77. The summed E-state index contributed by atoms with van der Waals surface area (Å²) in [7, 11) is 2.04. The maximum Gasteiger partial charge on any atom is 0.0512 e. The molecule has 1 aromatic rings. The summed E-state index contributed by atoms with van der Waals surface area (Å²) in [6.07, 6.45) is 2.48. The Morgan fingerprint density at radius 1 is 1.64 bits per heavy atom. The van der Waals surface area contributed by atoms with E-state index in [0.29, 0.717) is 12.0 Å². The lowest BCUT2D eigenvalue weighted by atomic mass is 9.90. The number of ether oxygens (including phenoxy) is 1. The van der Waals surface area contributed by atoms with Crippen molar-refractivity contribution in [2.45, 2.75) is 18.9 Å². The highest BCUT2D eigenvalue weighted by Gasteiger charge is 2.24. The second-order valence-corrected chi connectivity index (χ2v) is 4.58. The molecule has 1 saturated heterocycles. The van der Waals surface area contributed by atoms with Gasteiger partial charge in [-0.3, -0.25) is 0 Å². The molecule has 0 amide bonds. The van der Waals surface area contributed by atoms with E-state index in [-0.39, 0.29) is 0 Å². The van der Waals surface area contributed by atoms with Gasteiger partial charge in [-0.25, -0.2) is 0 Å². The highest BCUT2D eigenvalue weighted by atomic mass is 32.1. The van der Waals surface area contributed by atoms with E-state index in [0.717, 1.165) is 13.2 Å². The van der Waals surface area contributed by atoms with Crippen molar-refractivity contribution in [2.24, 2.45) is 5.92 Å². The molecule has 0 radical (unpaired) electrons. The fraction of sp³-hybridized carbons (Fsp3) is 0.636. The Kier molecular flexibility index (Phi) is 3.56. The Bertz CT molecular complexity index is 254. The minimum Gasteiger partial charge on any atom is -0.381 e. The third kappa shape index (κ3) is 2.16. The molecule has 2 rings (SSSR count). The summed E-state index contributed by atoms with van der Waals surface area (Å²) in [6.45, 7) is 1.85. The molecule has 2 atom stereocenters. The first-order valence-corrected chi connectivity index (χ1v) is 6.13. The highest BCUT2D eigenvalue weighted by molar-refractivity contribution is 7.07.